The Morgan fingerprint density at radius 1 is 1.25 bits per heavy atom. The fraction of sp³-hybridized carbons (Fsp3) is 0.222. The van der Waals surface area contributed by atoms with Gasteiger partial charge >= 0.3 is 0 Å². The van der Waals surface area contributed by atoms with Crippen LogP contribution in [0.25, 0.3) is 0 Å². The molecule has 0 heterocycles. The maximum Gasteiger partial charge on any atom is 0.131 e. The van der Waals surface area contributed by atoms with Crippen molar-refractivity contribution in [3.63, 3.8) is 0 Å². The van der Waals surface area contributed by atoms with Crippen LogP contribution in [0, 0.1) is 5.41 Å². The highest BCUT2D eigenvalue weighted by molar-refractivity contribution is 5.81. The van der Waals surface area contributed by atoms with E-state index in [0.29, 0.717) is 5.75 Å². The normalized spacial score (nSPS) is 9.17. The van der Waals surface area contributed by atoms with Gasteiger partial charge < -0.3 is 14.9 Å². The Labute approximate surface area is 71.4 Å². The van der Waals surface area contributed by atoms with Crippen molar-refractivity contribution in [2.24, 2.45) is 0 Å². The molecule has 0 bridgehead atoms. The summed E-state index contributed by atoms with van der Waals surface area (Å²) in [7, 11) is 3.17. The molecule has 0 saturated carbocycles. The van der Waals surface area contributed by atoms with Gasteiger partial charge in [-0.15, -0.1) is 0 Å². The van der Waals surface area contributed by atoms with E-state index in [0.717, 1.165) is 11.3 Å². The molecular formula is C9H11NO2. The van der Waals surface area contributed by atoms with Crippen LogP contribution in [0.3, 0.4) is 0 Å². The van der Waals surface area contributed by atoms with Gasteiger partial charge in [-0.1, -0.05) is 0 Å². The van der Waals surface area contributed by atoms with Gasteiger partial charge in [0.1, 0.15) is 11.5 Å². The molecule has 0 unspecified atom stereocenters. The lowest BCUT2D eigenvalue weighted by atomic mass is 10.2. The van der Waals surface area contributed by atoms with Crippen molar-refractivity contribution < 1.29 is 9.47 Å². The zero-order chi connectivity index (χ0) is 8.97. The fourth-order valence-electron chi connectivity index (χ4n) is 0.938. The Hall–Kier alpha value is -1.51. The first kappa shape index (κ1) is 8.59. The molecule has 12 heavy (non-hydrogen) atoms. The monoisotopic (exact) mass is 165 g/mol. The largest absolute Gasteiger partial charge is 0.497 e. The van der Waals surface area contributed by atoms with Gasteiger partial charge in [0.05, 0.1) is 14.2 Å². The third kappa shape index (κ3) is 1.56. The Morgan fingerprint density at radius 3 is 2.50 bits per heavy atom. The van der Waals surface area contributed by atoms with E-state index in [-0.39, 0.29) is 0 Å². The SMILES string of the molecule is COc1ccc(C=N)c(OC)c1. The van der Waals surface area contributed by atoms with Gasteiger partial charge in [-0.05, 0) is 12.1 Å². The predicted octanol–water partition coefficient (Wildman–Crippen LogP) is 1.70. The lowest BCUT2D eigenvalue weighted by molar-refractivity contribution is 0.394. The Kier molecular flexibility index (Phi) is 2.69. The second-order valence-corrected chi connectivity index (χ2v) is 2.25. The van der Waals surface area contributed by atoms with Crippen molar-refractivity contribution in [1.82, 2.24) is 0 Å². The summed E-state index contributed by atoms with van der Waals surface area (Å²) in [6.07, 6.45) is 1.25. The number of benzene rings is 1. The van der Waals surface area contributed by atoms with Gasteiger partial charge in [0.15, 0.2) is 0 Å². The molecule has 0 amide bonds. The second-order valence-electron chi connectivity index (χ2n) is 2.25. The van der Waals surface area contributed by atoms with Gasteiger partial charge in [-0.25, -0.2) is 0 Å². The molecule has 1 aromatic rings. The Morgan fingerprint density at radius 2 is 2.00 bits per heavy atom. The summed E-state index contributed by atoms with van der Waals surface area (Å²) in [6.45, 7) is 0. The summed E-state index contributed by atoms with van der Waals surface area (Å²) >= 11 is 0. The molecule has 1 rings (SSSR count). The topological polar surface area (TPSA) is 42.3 Å². The summed E-state index contributed by atoms with van der Waals surface area (Å²) in [4.78, 5) is 0. The van der Waals surface area contributed by atoms with E-state index in [1.165, 1.54) is 6.21 Å². The molecule has 0 aliphatic rings. The van der Waals surface area contributed by atoms with Crippen molar-refractivity contribution in [1.29, 1.82) is 5.41 Å². The number of ether oxygens (including phenoxy) is 2. The molecule has 3 heteroatoms. The number of hydrogen-bond donors (Lipinski definition) is 1. The molecule has 0 aliphatic heterocycles. The van der Waals surface area contributed by atoms with Crippen LogP contribution in [0.4, 0.5) is 0 Å². The zero-order valence-electron chi connectivity index (χ0n) is 7.13. The highest BCUT2D eigenvalue weighted by Crippen LogP contribution is 2.22. The van der Waals surface area contributed by atoms with Crippen LogP contribution in [0.1, 0.15) is 5.56 Å². The van der Waals surface area contributed by atoms with Crippen LogP contribution in [0.15, 0.2) is 18.2 Å². The van der Waals surface area contributed by atoms with E-state index in [4.69, 9.17) is 14.9 Å². The fourth-order valence-corrected chi connectivity index (χ4v) is 0.938. The number of rotatable bonds is 3. The maximum absolute atomic E-state index is 7.07. The van der Waals surface area contributed by atoms with Crippen molar-refractivity contribution in [2.75, 3.05) is 14.2 Å². The average Bonchev–Trinajstić information content (AvgIpc) is 2.16. The number of hydrogen-bond acceptors (Lipinski definition) is 3. The van der Waals surface area contributed by atoms with Gasteiger partial charge in [0.25, 0.3) is 0 Å². The van der Waals surface area contributed by atoms with Crippen LogP contribution >= 0.6 is 0 Å². The van der Waals surface area contributed by atoms with E-state index in [1.807, 2.05) is 0 Å². The summed E-state index contributed by atoms with van der Waals surface area (Å²) in [5, 5.41) is 7.07. The minimum Gasteiger partial charge on any atom is -0.497 e. The van der Waals surface area contributed by atoms with Gasteiger partial charge in [-0.3, -0.25) is 0 Å². The van der Waals surface area contributed by atoms with Crippen molar-refractivity contribution in [3.05, 3.63) is 23.8 Å². The third-order valence-corrected chi connectivity index (χ3v) is 1.60. The molecule has 0 saturated heterocycles. The van der Waals surface area contributed by atoms with Crippen LogP contribution in [-0.4, -0.2) is 20.4 Å². The third-order valence-electron chi connectivity index (χ3n) is 1.60. The highest BCUT2D eigenvalue weighted by atomic mass is 16.5. The quantitative estimate of drug-likeness (QED) is 0.692. The van der Waals surface area contributed by atoms with Gasteiger partial charge in [-0.2, -0.15) is 0 Å². The Balaban J connectivity index is 3.10. The molecule has 0 spiro atoms. The molecule has 0 atom stereocenters. The number of methoxy groups -OCH3 is 2. The molecule has 1 N–H and O–H groups in total. The number of nitrogens with one attached hydrogen (secondary N) is 1. The van der Waals surface area contributed by atoms with E-state index >= 15 is 0 Å². The standard InChI is InChI=1S/C9H11NO2/c1-11-8-4-3-7(6-10)9(5-8)12-2/h3-6,10H,1-2H3. The first-order chi connectivity index (χ1) is 5.81. The zero-order valence-corrected chi connectivity index (χ0v) is 7.13. The second kappa shape index (κ2) is 3.76. The summed E-state index contributed by atoms with van der Waals surface area (Å²) in [5.74, 6) is 1.39. The first-order valence-corrected chi connectivity index (χ1v) is 3.54. The van der Waals surface area contributed by atoms with E-state index in [2.05, 4.69) is 0 Å². The minimum atomic E-state index is 0.657. The molecule has 1 aromatic carbocycles. The molecule has 64 valence electrons. The summed E-state index contributed by atoms with van der Waals surface area (Å²) in [6, 6.07) is 5.33. The molecule has 0 radical (unpaired) electrons. The predicted molar refractivity (Wildman–Crippen MR) is 47.4 cm³/mol. The maximum atomic E-state index is 7.07. The van der Waals surface area contributed by atoms with Crippen molar-refractivity contribution >= 4 is 6.21 Å². The molecule has 0 aromatic heterocycles. The van der Waals surface area contributed by atoms with Crippen molar-refractivity contribution in [2.45, 2.75) is 0 Å². The molecular weight excluding hydrogens is 154 g/mol. The molecule has 0 aliphatic carbocycles. The first-order valence-electron chi connectivity index (χ1n) is 3.54. The molecule has 3 nitrogen and oxygen atoms in total. The van der Waals surface area contributed by atoms with E-state index < -0.39 is 0 Å². The van der Waals surface area contributed by atoms with Crippen molar-refractivity contribution in [3.8, 4) is 11.5 Å². The average molecular weight is 165 g/mol. The summed E-state index contributed by atoms with van der Waals surface area (Å²) < 4.78 is 10.0. The van der Waals surface area contributed by atoms with Gasteiger partial charge in [0, 0.05) is 17.8 Å². The van der Waals surface area contributed by atoms with E-state index in [1.54, 1.807) is 32.4 Å². The Bertz CT molecular complexity index is 284. The van der Waals surface area contributed by atoms with E-state index in [9.17, 15) is 0 Å². The van der Waals surface area contributed by atoms with Crippen LogP contribution in [0.2, 0.25) is 0 Å². The smallest absolute Gasteiger partial charge is 0.131 e. The van der Waals surface area contributed by atoms with Gasteiger partial charge in [0.2, 0.25) is 0 Å². The summed E-state index contributed by atoms with van der Waals surface area (Å²) in [5.41, 5.74) is 0.748. The minimum absolute atomic E-state index is 0.657. The van der Waals surface area contributed by atoms with Crippen LogP contribution in [0.5, 0.6) is 11.5 Å². The lowest BCUT2D eigenvalue weighted by Crippen LogP contribution is -1.91. The van der Waals surface area contributed by atoms with Crippen LogP contribution in [-0.2, 0) is 0 Å². The highest BCUT2D eigenvalue weighted by Gasteiger charge is 2.00. The van der Waals surface area contributed by atoms with Crippen LogP contribution < -0.4 is 9.47 Å². The molecule has 0 fully saturated rings. The lowest BCUT2D eigenvalue weighted by Gasteiger charge is -2.05.